The zero-order chi connectivity index (χ0) is 5.21. The predicted molar refractivity (Wildman–Crippen MR) is 17.5 cm³/mol. The van der Waals surface area contributed by atoms with Crippen LogP contribution in [0.2, 0.25) is 0 Å². The fourth-order valence-electron chi connectivity index (χ4n) is 0. The van der Waals surface area contributed by atoms with Crippen molar-refractivity contribution in [1.29, 1.82) is 0 Å². The summed E-state index contributed by atoms with van der Waals surface area (Å²) < 4.78 is 36.4. The average Bonchev–Trinajstić information content (AvgIpc) is 1.35. The molecule has 0 rings (SSSR count). The molecule has 6 heteroatoms. The van der Waals surface area contributed by atoms with Crippen molar-refractivity contribution in [2.24, 2.45) is 0 Å². The molecule has 0 unspecified atom stereocenters. The minimum Gasteiger partial charge on any atom is -0.284 e. The molecule has 0 bridgehead atoms. The van der Waals surface area contributed by atoms with Crippen LogP contribution < -0.4 is 0 Å². The van der Waals surface area contributed by atoms with E-state index in [-0.39, 0.29) is 32.7 Å². The Morgan fingerprint density at radius 1 is 1.57 bits per heavy atom. The van der Waals surface area contributed by atoms with Gasteiger partial charge in [-0.05, 0) is 0 Å². The first-order chi connectivity index (χ1) is 2.56. The maximum Gasteiger partial charge on any atom is 0.294 e. The van der Waals surface area contributed by atoms with Gasteiger partial charge < -0.3 is 0 Å². The zero-order valence-corrected chi connectivity index (χ0v) is 6.99. The van der Waals surface area contributed by atoms with Crippen molar-refractivity contribution in [2.75, 3.05) is 6.01 Å². The Morgan fingerprint density at radius 3 is 1.71 bits per heavy atom. The van der Waals surface area contributed by atoms with Gasteiger partial charge in [-0.15, -0.1) is 0 Å². The third-order valence-electron chi connectivity index (χ3n) is 0.138. The van der Waals surface area contributed by atoms with Gasteiger partial charge in [0, 0.05) is 32.7 Å². The summed E-state index contributed by atoms with van der Waals surface area (Å²) in [5, 5.41) is 0. The molecule has 0 saturated heterocycles. The van der Waals surface area contributed by atoms with Crippen molar-refractivity contribution in [3.05, 3.63) is 0 Å². The smallest absolute Gasteiger partial charge is 0.284 e. The predicted octanol–water partition coefficient (Wildman–Crippen LogP) is -0.201. The molecule has 1 N–H and O–H groups in total. The van der Waals surface area contributed by atoms with E-state index < -0.39 is 16.1 Å². The molecule has 0 atom stereocenters. The number of halogens is 1. The fourth-order valence-corrected chi connectivity index (χ4v) is 0. The fraction of sp³-hybridized carbons (Fsp3) is 1.00. The SMILES string of the molecule is O=S(=O)(O)CF.[Y]. The van der Waals surface area contributed by atoms with Crippen LogP contribution in [0.5, 0.6) is 0 Å². The van der Waals surface area contributed by atoms with Crippen molar-refractivity contribution in [3.63, 3.8) is 0 Å². The molecule has 0 aliphatic rings. The second-order valence-corrected chi connectivity index (χ2v) is 2.07. The third-order valence-corrected chi connectivity index (χ3v) is 0.414. The van der Waals surface area contributed by atoms with Gasteiger partial charge in [0.15, 0.2) is 0 Å². The van der Waals surface area contributed by atoms with E-state index in [0.717, 1.165) is 0 Å². The van der Waals surface area contributed by atoms with Crippen LogP contribution in [0.3, 0.4) is 0 Å². The van der Waals surface area contributed by atoms with Crippen LogP contribution in [0, 0.1) is 0 Å². The molecule has 41 valence electrons. The Hall–Kier alpha value is 0.944. The molecule has 0 spiro atoms. The van der Waals surface area contributed by atoms with Gasteiger partial charge in [0.05, 0.1) is 0 Å². The van der Waals surface area contributed by atoms with Gasteiger partial charge in [0.25, 0.3) is 10.1 Å². The normalized spacial score (nSPS) is 10.0. The number of alkyl halides is 1. The van der Waals surface area contributed by atoms with Crippen LogP contribution >= 0.6 is 0 Å². The van der Waals surface area contributed by atoms with Crippen LogP contribution in [-0.4, -0.2) is 19.0 Å². The second kappa shape index (κ2) is 3.89. The molecule has 1 radical (unpaired) electrons. The van der Waals surface area contributed by atoms with Crippen LogP contribution in [0.1, 0.15) is 0 Å². The van der Waals surface area contributed by atoms with E-state index in [1.54, 1.807) is 0 Å². The number of rotatable bonds is 1. The van der Waals surface area contributed by atoms with E-state index >= 15 is 0 Å². The monoisotopic (exact) mass is 203 g/mol. The average molecular weight is 203 g/mol. The van der Waals surface area contributed by atoms with Crippen LogP contribution in [0.25, 0.3) is 0 Å². The summed E-state index contributed by atoms with van der Waals surface area (Å²) in [5.41, 5.74) is 0. The largest absolute Gasteiger partial charge is 0.294 e. The minimum atomic E-state index is -4.33. The van der Waals surface area contributed by atoms with E-state index in [1.807, 2.05) is 0 Å². The Balaban J connectivity index is 0. The topological polar surface area (TPSA) is 54.4 Å². The molecule has 0 saturated carbocycles. The summed E-state index contributed by atoms with van der Waals surface area (Å²) in [4.78, 5) is 0. The quantitative estimate of drug-likeness (QED) is 0.600. The van der Waals surface area contributed by atoms with Gasteiger partial charge in [0.1, 0.15) is 0 Å². The zero-order valence-electron chi connectivity index (χ0n) is 3.33. The molecule has 0 heterocycles. The number of hydrogen-bond donors (Lipinski definition) is 1. The first-order valence-corrected chi connectivity index (χ1v) is 2.68. The Bertz CT molecular complexity index is 117. The van der Waals surface area contributed by atoms with E-state index in [2.05, 4.69) is 0 Å². The van der Waals surface area contributed by atoms with Crippen molar-refractivity contribution in [2.45, 2.75) is 0 Å². The van der Waals surface area contributed by atoms with Gasteiger partial charge in [-0.1, -0.05) is 0 Å². The number of hydrogen-bond acceptors (Lipinski definition) is 2. The van der Waals surface area contributed by atoms with Crippen molar-refractivity contribution in [3.8, 4) is 0 Å². The first kappa shape index (κ1) is 10.8. The summed E-state index contributed by atoms with van der Waals surface area (Å²) in [6, 6.07) is -1.70. The molecule has 0 aliphatic heterocycles. The maximum atomic E-state index is 10.7. The molecule has 3 nitrogen and oxygen atoms in total. The van der Waals surface area contributed by atoms with Crippen LogP contribution in [0.4, 0.5) is 4.39 Å². The molecule has 7 heavy (non-hydrogen) atoms. The Labute approximate surface area is 65.9 Å². The van der Waals surface area contributed by atoms with Gasteiger partial charge in [-0.25, -0.2) is 4.39 Å². The molecule has 0 aromatic rings. The third kappa shape index (κ3) is 10.9. The molecule has 0 fully saturated rings. The van der Waals surface area contributed by atoms with Gasteiger partial charge >= 0.3 is 0 Å². The van der Waals surface area contributed by atoms with Crippen molar-refractivity contribution >= 4 is 10.1 Å². The summed E-state index contributed by atoms with van der Waals surface area (Å²) in [5.74, 6) is 0. The van der Waals surface area contributed by atoms with Crippen molar-refractivity contribution < 1.29 is 50.1 Å². The first-order valence-electron chi connectivity index (χ1n) is 1.07. The van der Waals surface area contributed by atoms with Gasteiger partial charge in [-0.3, -0.25) is 4.55 Å². The Kier molecular flexibility index (Phi) is 6.02. The van der Waals surface area contributed by atoms with E-state index in [0.29, 0.717) is 0 Å². The van der Waals surface area contributed by atoms with Crippen LogP contribution in [0.15, 0.2) is 0 Å². The molecular formula is CH3FO3SY. The van der Waals surface area contributed by atoms with Crippen molar-refractivity contribution in [1.82, 2.24) is 0 Å². The molecule has 0 aliphatic carbocycles. The Morgan fingerprint density at radius 2 is 1.71 bits per heavy atom. The summed E-state index contributed by atoms with van der Waals surface area (Å²) >= 11 is 0. The molecule has 0 amide bonds. The second-order valence-electron chi connectivity index (χ2n) is 0.691. The minimum absolute atomic E-state index is 0. The molecule has 0 aromatic carbocycles. The van der Waals surface area contributed by atoms with E-state index in [1.165, 1.54) is 0 Å². The molecule has 0 aromatic heterocycles. The van der Waals surface area contributed by atoms with E-state index in [9.17, 15) is 12.8 Å². The van der Waals surface area contributed by atoms with E-state index in [4.69, 9.17) is 4.55 Å². The standard InChI is InChI=1S/CH3FO3S.Y/c2-1-6(3,4)5;/h1H2,(H,3,4,5);. The molecular weight excluding hydrogens is 200 g/mol. The van der Waals surface area contributed by atoms with Crippen LogP contribution in [-0.2, 0) is 42.8 Å². The van der Waals surface area contributed by atoms with Gasteiger partial charge in [0.2, 0.25) is 6.01 Å². The van der Waals surface area contributed by atoms with Gasteiger partial charge in [-0.2, -0.15) is 8.42 Å². The summed E-state index contributed by atoms with van der Waals surface area (Å²) in [6.07, 6.45) is 0. The maximum absolute atomic E-state index is 10.7. The summed E-state index contributed by atoms with van der Waals surface area (Å²) in [7, 11) is -4.33. The summed E-state index contributed by atoms with van der Waals surface area (Å²) in [6.45, 7) is 0.